The Kier molecular flexibility index (Phi) is 5.45. The second kappa shape index (κ2) is 8.41. The number of amides is 2. The van der Waals surface area contributed by atoms with Gasteiger partial charge in [-0.1, -0.05) is 6.07 Å². The topological polar surface area (TPSA) is 104 Å². The van der Waals surface area contributed by atoms with E-state index >= 15 is 0 Å². The predicted octanol–water partition coefficient (Wildman–Crippen LogP) is 2.57. The van der Waals surface area contributed by atoms with Crippen LogP contribution in [0, 0.1) is 5.92 Å². The lowest BCUT2D eigenvalue weighted by molar-refractivity contribution is -0.134. The summed E-state index contributed by atoms with van der Waals surface area (Å²) in [6.07, 6.45) is 9.16. The summed E-state index contributed by atoms with van der Waals surface area (Å²) in [7, 11) is 0. The molecule has 5 rings (SSSR count). The van der Waals surface area contributed by atoms with Crippen molar-refractivity contribution in [2.75, 3.05) is 42.1 Å². The molecule has 1 unspecified atom stereocenters. The molecule has 3 aliphatic rings. The summed E-state index contributed by atoms with van der Waals surface area (Å²) in [5.74, 6) is 1.27. The third-order valence-corrected chi connectivity index (χ3v) is 7.07. The van der Waals surface area contributed by atoms with Gasteiger partial charge in [-0.3, -0.25) is 14.6 Å². The molecule has 1 saturated carbocycles. The molecule has 0 bridgehead atoms. The maximum Gasteiger partial charge on any atom is 0.235 e. The molecule has 0 radical (unpaired) electrons. The molecule has 8 heteroatoms. The second-order valence-corrected chi connectivity index (χ2v) is 9.20. The molecule has 2 aromatic heterocycles. The molecule has 1 atom stereocenters. The molecule has 2 amide bonds. The Morgan fingerprint density at radius 2 is 1.91 bits per heavy atom. The van der Waals surface area contributed by atoms with E-state index in [1.165, 1.54) is 0 Å². The van der Waals surface area contributed by atoms with Crippen molar-refractivity contribution >= 4 is 29.1 Å². The van der Waals surface area contributed by atoms with Gasteiger partial charge in [-0.25, -0.2) is 4.98 Å². The summed E-state index contributed by atoms with van der Waals surface area (Å²) < 4.78 is 0. The van der Waals surface area contributed by atoms with Crippen molar-refractivity contribution in [1.29, 1.82) is 0 Å². The fraction of sp³-hybridized carbons (Fsp3) is 0.500. The van der Waals surface area contributed by atoms with Crippen LogP contribution in [-0.2, 0) is 15.0 Å². The first-order valence-corrected chi connectivity index (χ1v) is 11.6. The standard InChI is InChI=1S/C24H30N6O2/c25-21-19(27-23(32)24(9-10-24)18-6-3-11-26-15-18)7-8-20(28-21)30-14-4-5-17(16-30)22(31)29-12-1-2-13-29/h3,6-8,11,15,17H,1-2,4-5,9-10,12-14,16H2,(H2,25,28)(H,27,32). The van der Waals surface area contributed by atoms with Crippen LogP contribution >= 0.6 is 0 Å². The van der Waals surface area contributed by atoms with Gasteiger partial charge in [0.25, 0.3) is 0 Å². The lowest BCUT2D eigenvalue weighted by Gasteiger charge is -2.34. The van der Waals surface area contributed by atoms with E-state index in [2.05, 4.69) is 20.2 Å². The molecule has 2 aliphatic heterocycles. The third kappa shape index (κ3) is 3.89. The van der Waals surface area contributed by atoms with E-state index in [0.29, 0.717) is 18.1 Å². The van der Waals surface area contributed by atoms with Gasteiger partial charge in [0.1, 0.15) is 11.6 Å². The first kappa shape index (κ1) is 20.7. The van der Waals surface area contributed by atoms with Gasteiger partial charge in [-0.15, -0.1) is 0 Å². The molecule has 8 nitrogen and oxygen atoms in total. The van der Waals surface area contributed by atoms with Crippen molar-refractivity contribution in [2.24, 2.45) is 5.92 Å². The number of carbonyl (C=O) groups is 2. The van der Waals surface area contributed by atoms with E-state index in [1.807, 2.05) is 29.2 Å². The number of hydrogen-bond donors (Lipinski definition) is 2. The summed E-state index contributed by atoms with van der Waals surface area (Å²) in [4.78, 5) is 38.7. The zero-order valence-electron chi connectivity index (χ0n) is 18.3. The summed E-state index contributed by atoms with van der Waals surface area (Å²) in [6.45, 7) is 3.29. The van der Waals surface area contributed by atoms with Crippen LogP contribution in [0.5, 0.6) is 0 Å². The van der Waals surface area contributed by atoms with Crippen LogP contribution in [0.4, 0.5) is 17.3 Å². The molecular formula is C24H30N6O2. The van der Waals surface area contributed by atoms with Gasteiger partial charge in [0.15, 0.2) is 0 Å². The van der Waals surface area contributed by atoms with Crippen LogP contribution in [0.3, 0.4) is 0 Å². The van der Waals surface area contributed by atoms with E-state index in [0.717, 1.165) is 69.5 Å². The minimum absolute atomic E-state index is 0.0125. The van der Waals surface area contributed by atoms with Crippen molar-refractivity contribution in [1.82, 2.24) is 14.9 Å². The van der Waals surface area contributed by atoms with Gasteiger partial charge < -0.3 is 20.9 Å². The number of nitrogen functional groups attached to an aromatic ring is 1. The molecule has 3 N–H and O–H groups in total. The van der Waals surface area contributed by atoms with E-state index in [4.69, 9.17) is 5.73 Å². The van der Waals surface area contributed by atoms with Crippen LogP contribution in [0.15, 0.2) is 36.7 Å². The normalized spacial score (nSPS) is 21.9. The van der Waals surface area contributed by atoms with Crippen LogP contribution in [-0.4, -0.2) is 52.9 Å². The fourth-order valence-electron chi connectivity index (χ4n) is 4.99. The lowest BCUT2D eigenvalue weighted by atomic mass is 9.96. The van der Waals surface area contributed by atoms with Crippen molar-refractivity contribution < 1.29 is 9.59 Å². The number of aromatic nitrogens is 2. The zero-order chi connectivity index (χ0) is 22.1. The first-order valence-electron chi connectivity index (χ1n) is 11.6. The number of hydrogen-bond acceptors (Lipinski definition) is 6. The number of nitrogens with one attached hydrogen (secondary N) is 1. The molecule has 2 aromatic rings. The van der Waals surface area contributed by atoms with E-state index in [-0.39, 0.29) is 17.7 Å². The average molecular weight is 435 g/mol. The maximum atomic E-state index is 13.0. The quantitative estimate of drug-likeness (QED) is 0.750. The highest BCUT2D eigenvalue weighted by atomic mass is 16.2. The molecule has 1 aliphatic carbocycles. The van der Waals surface area contributed by atoms with E-state index < -0.39 is 5.41 Å². The van der Waals surface area contributed by atoms with Crippen molar-refractivity contribution in [3.05, 3.63) is 42.2 Å². The second-order valence-electron chi connectivity index (χ2n) is 9.20. The Labute approximate surface area is 188 Å². The van der Waals surface area contributed by atoms with Gasteiger partial charge in [0, 0.05) is 38.6 Å². The number of nitrogens with zero attached hydrogens (tertiary/aromatic N) is 4. The van der Waals surface area contributed by atoms with Gasteiger partial charge >= 0.3 is 0 Å². The predicted molar refractivity (Wildman–Crippen MR) is 123 cm³/mol. The van der Waals surface area contributed by atoms with Crippen molar-refractivity contribution in [3.8, 4) is 0 Å². The molecule has 0 spiro atoms. The number of anilines is 3. The van der Waals surface area contributed by atoms with Crippen molar-refractivity contribution in [2.45, 2.75) is 43.9 Å². The van der Waals surface area contributed by atoms with Crippen LogP contribution in [0.25, 0.3) is 0 Å². The summed E-state index contributed by atoms with van der Waals surface area (Å²) >= 11 is 0. The van der Waals surface area contributed by atoms with Crippen LogP contribution in [0.1, 0.15) is 44.1 Å². The van der Waals surface area contributed by atoms with Gasteiger partial charge in [-0.2, -0.15) is 0 Å². The smallest absolute Gasteiger partial charge is 0.235 e. The van der Waals surface area contributed by atoms with E-state index in [1.54, 1.807) is 12.4 Å². The summed E-state index contributed by atoms with van der Waals surface area (Å²) in [5, 5.41) is 2.97. The summed E-state index contributed by atoms with van der Waals surface area (Å²) in [5.41, 5.74) is 7.17. The fourth-order valence-corrected chi connectivity index (χ4v) is 4.99. The molecule has 0 aromatic carbocycles. The molecule has 2 saturated heterocycles. The average Bonchev–Trinajstić information content (AvgIpc) is 3.47. The number of piperidine rings is 1. The Morgan fingerprint density at radius 3 is 2.59 bits per heavy atom. The molecule has 32 heavy (non-hydrogen) atoms. The molecule has 4 heterocycles. The highest BCUT2D eigenvalue weighted by Gasteiger charge is 2.51. The number of nitrogens with two attached hydrogens (primary N) is 1. The molecule has 168 valence electrons. The minimum Gasteiger partial charge on any atom is -0.382 e. The largest absolute Gasteiger partial charge is 0.382 e. The monoisotopic (exact) mass is 434 g/mol. The SMILES string of the molecule is Nc1nc(N2CCCC(C(=O)N3CCCC3)C2)ccc1NC(=O)C1(c2cccnc2)CC1. The highest BCUT2D eigenvalue weighted by Crippen LogP contribution is 2.48. The Hall–Kier alpha value is -3.16. The Balaban J connectivity index is 1.26. The molecule has 3 fully saturated rings. The summed E-state index contributed by atoms with van der Waals surface area (Å²) in [6, 6.07) is 7.51. The van der Waals surface area contributed by atoms with Gasteiger partial charge in [0.05, 0.1) is 17.0 Å². The Morgan fingerprint density at radius 1 is 1.09 bits per heavy atom. The van der Waals surface area contributed by atoms with Gasteiger partial charge in [0.2, 0.25) is 11.8 Å². The van der Waals surface area contributed by atoms with Gasteiger partial charge in [-0.05, 0) is 62.3 Å². The van der Waals surface area contributed by atoms with E-state index in [9.17, 15) is 9.59 Å². The number of rotatable bonds is 5. The highest BCUT2D eigenvalue weighted by molar-refractivity contribution is 6.02. The van der Waals surface area contributed by atoms with Crippen LogP contribution in [0.2, 0.25) is 0 Å². The minimum atomic E-state index is -0.518. The first-order chi connectivity index (χ1) is 15.6. The van der Waals surface area contributed by atoms with Crippen molar-refractivity contribution in [3.63, 3.8) is 0 Å². The lowest BCUT2D eigenvalue weighted by Crippen LogP contribution is -2.44. The zero-order valence-corrected chi connectivity index (χ0v) is 18.3. The number of carbonyl (C=O) groups excluding carboxylic acids is 2. The van der Waals surface area contributed by atoms with Crippen LogP contribution < -0.4 is 16.0 Å². The Bertz CT molecular complexity index is 1000. The third-order valence-electron chi connectivity index (χ3n) is 7.07. The number of likely N-dealkylation sites (tertiary alicyclic amines) is 1. The maximum absolute atomic E-state index is 13.0. The number of pyridine rings is 2. The molecular weight excluding hydrogens is 404 g/mol.